The standard InChI is InChI=1S/C17H30N2/c1-4-5-14-19(17-12-7-6-8-13-17)15-10-9-11-16(2)18-3/h6-8,12-13,16,18H,4-5,9-11,14-15H2,1-3H3. The highest BCUT2D eigenvalue weighted by molar-refractivity contribution is 5.45. The predicted molar refractivity (Wildman–Crippen MR) is 85.9 cm³/mol. The van der Waals surface area contributed by atoms with Gasteiger partial charge < -0.3 is 10.2 Å². The number of hydrogen-bond acceptors (Lipinski definition) is 2. The number of unbranched alkanes of at least 4 members (excludes halogenated alkanes) is 2. The highest BCUT2D eigenvalue weighted by Gasteiger charge is 2.05. The molecule has 1 N–H and O–H groups in total. The van der Waals surface area contributed by atoms with E-state index in [0.717, 1.165) is 0 Å². The van der Waals surface area contributed by atoms with Crippen LogP contribution < -0.4 is 10.2 Å². The lowest BCUT2D eigenvalue weighted by molar-refractivity contribution is 0.524. The summed E-state index contributed by atoms with van der Waals surface area (Å²) in [7, 11) is 2.04. The number of nitrogens with one attached hydrogen (secondary N) is 1. The number of hydrogen-bond donors (Lipinski definition) is 1. The van der Waals surface area contributed by atoms with Gasteiger partial charge in [0.25, 0.3) is 0 Å². The minimum Gasteiger partial charge on any atom is -0.372 e. The normalized spacial score (nSPS) is 12.4. The molecule has 0 saturated heterocycles. The Labute approximate surface area is 119 Å². The Hall–Kier alpha value is -1.02. The van der Waals surface area contributed by atoms with E-state index in [2.05, 4.69) is 54.4 Å². The summed E-state index contributed by atoms with van der Waals surface area (Å²) >= 11 is 0. The van der Waals surface area contributed by atoms with E-state index in [-0.39, 0.29) is 0 Å². The van der Waals surface area contributed by atoms with Crippen LogP contribution in [0.3, 0.4) is 0 Å². The van der Waals surface area contributed by atoms with Crippen molar-refractivity contribution in [1.29, 1.82) is 0 Å². The molecule has 108 valence electrons. The van der Waals surface area contributed by atoms with Crippen LogP contribution in [-0.4, -0.2) is 26.2 Å². The Balaban J connectivity index is 2.38. The van der Waals surface area contributed by atoms with Crippen molar-refractivity contribution in [2.75, 3.05) is 25.0 Å². The first-order valence-electron chi connectivity index (χ1n) is 7.75. The summed E-state index contributed by atoms with van der Waals surface area (Å²) in [4.78, 5) is 2.54. The van der Waals surface area contributed by atoms with Crippen LogP contribution in [0.15, 0.2) is 30.3 Å². The molecule has 19 heavy (non-hydrogen) atoms. The second kappa shape index (κ2) is 9.85. The molecule has 0 radical (unpaired) electrons. The lowest BCUT2D eigenvalue weighted by atomic mass is 10.1. The maximum absolute atomic E-state index is 3.31. The zero-order valence-electron chi connectivity index (χ0n) is 12.9. The summed E-state index contributed by atoms with van der Waals surface area (Å²) in [5.41, 5.74) is 1.37. The Bertz CT molecular complexity index is 310. The van der Waals surface area contributed by atoms with Gasteiger partial charge in [-0.3, -0.25) is 0 Å². The summed E-state index contributed by atoms with van der Waals surface area (Å²) in [5.74, 6) is 0. The summed E-state index contributed by atoms with van der Waals surface area (Å²) in [5, 5.41) is 3.31. The van der Waals surface area contributed by atoms with E-state index in [0.29, 0.717) is 6.04 Å². The topological polar surface area (TPSA) is 15.3 Å². The molecule has 1 aromatic carbocycles. The Kier molecular flexibility index (Phi) is 8.31. The first-order valence-corrected chi connectivity index (χ1v) is 7.75. The van der Waals surface area contributed by atoms with Crippen LogP contribution in [0.2, 0.25) is 0 Å². The van der Waals surface area contributed by atoms with Crippen molar-refractivity contribution in [1.82, 2.24) is 5.32 Å². The zero-order valence-corrected chi connectivity index (χ0v) is 12.9. The van der Waals surface area contributed by atoms with Gasteiger partial charge in [-0.1, -0.05) is 38.0 Å². The van der Waals surface area contributed by atoms with Crippen molar-refractivity contribution in [2.24, 2.45) is 0 Å². The molecule has 1 aromatic rings. The van der Waals surface area contributed by atoms with Gasteiger partial charge in [-0.15, -0.1) is 0 Å². The highest BCUT2D eigenvalue weighted by Crippen LogP contribution is 2.15. The highest BCUT2D eigenvalue weighted by atomic mass is 15.1. The molecule has 0 heterocycles. The summed E-state index contributed by atoms with van der Waals surface area (Å²) in [6.07, 6.45) is 6.40. The van der Waals surface area contributed by atoms with Crippen LogP contribution in [0.4, 0.5) is 5.69 Å². The lowest BCUT2D eigenvalue weighted by Crippen LogP contribution is -2.26. The lowest BCUT2D eigenvalue weighted by Gasteiger charge is -2.25. The van der Waals surface area contributed by atoms with Gasteiger partial charge in [0.1, 0.15) is 0 Å². The van der Waals surface area contributed by atoms with Crippen molar-refractivity contribution in [2.45, 2.75) is 52.0 Å². The largest absolute Gasteiger partial charge is 0.372 e. The zero-order chi connectivity index (χ0) is 13.9. The first kappa shape index (κ1) is 16.0. The van der Waals surface area contributed by atoms with E-state index >= 15 is 0 Å². The number of benzene rings is 1. The van der Waals surface area contributed by atoms with Crippen molar-refractivity contribution in [3.8, 4) is 0 Å². The van der Waals surface area contributed by atoms with Gasteiger partial charge in [-0.25, -0.2) is 0 Å². The molecular weight excluding hydrogens is 232 g/mol. The number of anilines is 1. The third-order valence-corrected chi connectivity index (χ3v) is 3.71. The molecule has 0 spiro atoms. The first-order chi connectivity index (χ1) is 9.27. The maximum Gasteiger partial charge on any atom is 0.0366 e. The number of para-hydroxylation sites is 1. The van der Waals surface area contributed by atoms with E-state index in [1.54, 1.807) is 0 Å². The van der Waals surface area contributed by atoms with Crippen molar-refractivity contribution < 1.29 is 0 Å². The van der Waals surface area contributed by atoms with Crippen LogP contribution in [0.1, 0.15) is 46.0 Å². The summed E-state index contributed by atoms with van der Waals surface area (Å²) in [6.45, 7) is 6.88. The van der Waals surface area contributed by atoms with Crippen molar-refractivity contribution in [3.05, 3.63) is 30.3 Å². The van der Waals surface area contributed by atoms with Crippen LogP contribution >= 0.6 is 0 Å². The molecule has 0 aliphatic carbocycles. The van der Waals surface area contributed by atoms with Gasteiger partial charge in [-0.05, 0) is 45.4 Å². The summed E-state index contributed by atoms with van der Waals surface area (Å²) < 4.78 is 0. The number of rotatable bonds is 10. The van der Waals surface area contributed by atoms with Gasteiger partial charge in [0.05, 0.1) is 0 Å². The SMILES string of the molecule is CCCCN(CCCCC(C)NC)c1ccccc1. The molecule has 0 amide bonds. The van der Waals surface area contributed by atoms with E-state index < -0.39 is 0 Å². The molecule has 2 heteroatoms. The molecular formula is C17H30N2. The smallest absolute Gasteiger partial charge is 0.0366 e. The van der Waals surface area contributed by atoms with Crippen molar-refractivity contribution in [3.63, 3.8) is 0 Å². The Morgan fingerprint density at radius 1 is 1.05 bits per heavy atom. The molecule has 0 fully saturated rings. The predicted octanol–water partition coefficient (Wildman–Crippen LogP) is 4.07. The molecule has 0 saturated carbocycles. The van der Waals surface area contributed by atoms with Gasteiger partial charge in [0.2, 0.25) is 0 Å². The van der Waals surface area contributed by atoms with Crippen LogP contribution in [-0.2, 0) is 0 Å². The molecule has 0 aliphatic heterocycles. The Morgan fingerprint density at radius 3 is 2.37 bits per heavy atom. The molecule has 0 aliphatic rings. The maximum atomic E-state index is 3.31. The fraction of sp³-hybridized carbons (Fsp3) is 0.647. The third-order valence-electron chi connectivity index (χ3n) is 3.71. The van der Waals surface area contributed by atoms with Gasteiger partial charge in [0.15, 0.2) is 0 Å². The van der Waals surface area contributed by atoms with Crippen LogP contribution in [0.5, 0.6) is 0 Å². The fourth-order valence-corrected chi connectivity index (χ4v) is 2.26. The monoisotopic (exact) mass is 262 g/mol. The van der Waals surface area contributed by atoms with E-state index in [1.165, 1.54) is 50.9 Å². The second-order valence-corrected chi connectivity index (χ2v) is 5.36. The van der Waals surface area contributed by atoms with E-state index in [1.807, 2.05) is 7.05 Å². The molecule has 1 unspecified atom stereocenters. The average molecular weight is 262 g/mol. The quantitative estimate of drug-likeness (QED) is 0.639. The third kappa shape index (κ3) is 6.63. The summed E-state index contributed by atoms with van der Waals surface area (Å²) in [6, 6.07) is 11.5. The van der Waals surface area contributed by atoms with Gasteiger partial charge >= 0.3 is 0 Å². The Morgan fingerprint density at radius 2 is 1.74 bits per heavy atom. The molecule has 0 aromatic heterocycles. The second-order valence-electron chi connectivity index (χ2n) is 5.36. The van der Waals surface area contributed by atoms with Crippen LogP contribution in [0.25, 0.3) is 0 Å². The molecule has 1 atom stereocenters. The molecule has 0 bridgehead atoms. The molecule has 1 rings (SSSR count). The van der Waals surface area contributed by atoms with Crippen molar-refractivity contribution >= 4 is 5.69 Å². The van der Waals surface area contributed by atoms with E-state index in [9.17, 15) is 0 Å². The number of nitrogens with zero attached hydrogens (tertiary/aromatic N) is 1. The van der Waals surface area contributed by atoms with Gasteiger partial charge in [0, 0.05) is 24.8 Å². The fourth-order valence-electron chi connectivity index (χ4n) is 2.26. The van der Waals surface area contributed by atoms with E-state index in [4.69, 9.17) is 0 Å². The molecule has 2 nitrogen and oxygen atoms in total. The van der Waals surface area contributed by atoms with Gasteiger partial charge in [-0.2, -0.15) is 0 Å². The van der Waals surface area contributed by atoms with Crippen LogP contribution in [0, 0.1) is 0 Å². The average Bonchev–Trinajstić information content (AvgIpc) is 2.47. The minimum atomic E-state index is 0.640. The minimum absolute atomic E-state index is 0.640.